The molecule has 1 heterocycles. The Kier molecular flexibility index (Phi) is 2.13. The second-order valence-electron chi connectivity index (χ2n) is 2.89. The lowest BCUT2D eigenvalue weighted by molar-refractivity contribution is -0.157. The van der Waals surface area contributed by atoms with Gasteiger partial charge in [0.25, 0.3) is 0 Å². The van der Waals surface area contributed by atoms with E-state index >= 15 is 0 Å². The summed E-state index contributed by atoms with van der Waals surface area (Å²) in [6.07, 6.45) is 1.45. The maximum atomic E-state index is 10.8. The van der Waals surface area contributed by atoms with Crippen LogP contribution in [0.25, 0.3) is 10.9 Å². The molecule has 0 atom stereocenters. The van der Waals surface area contributed by atoms with Crippen molar-refractivity contribution in [3.63, 3.8) is 0 Å². The highest BCUT2D eigenvalue weighted by Crippen LogP contribution is 2.24. The number of benzene rings is 1. The third-order valence-corrected chi connectivity index (χ3v) is 1.93. The molecule has 15 heavy (non-hydrogen) atoms. The Morgan fingerprint density at radius 3 is 2.73 bits per heavy atom. The molecule has 1 aromatic carbocycles. The Balaban J connectivity index is 2.37. The van der Waals surface area contributed by atoms with Crippen LogP contribution in [-0.2, 0) is 9.59 Å². The Labute approximate surface area is 84.3 Å². The van der Waals surface area contributed by atoms with Crippen LogP contribution in [0.1, 0.15) is 0 Å². The molecular weight excluding hydrogens is 198 g/mol. The molecular formula is C10H7NO4. The first-order valence-corrected chi connectivity index (χ1v) is 4.19. The normalized spacial score (nSPS) is 10.1. The van der Waals surface area contributed by atoms with Crippen molar-refractivity contribution in [1.82, 2.24) is 4.98 Å². The number of rotatable bonds is 1. The van der Waals surface area contributed by atoms with E-state index in [-0.39, 0.29) is 5.75 Å². The van der Waals surface area contributed by atoms with E-state index in [1.54, 1.807) is 18.2 Å². The van der Waals surface area contributed by atoms with Gasteiger partial charge in [-0.1, -0.05) is 12.1 Å². The highest BCUT2D eigenvalue weighted by molar-refractivity contribution is 6.29. The third-order valence-electron chi connectivity index (χ3n) is 1.93. The van der Waals surface area contributed by atoms with E-state index in [1.807, 2.05) is 6.07 Å². The van der Waals surface area contributed by atoms with Crippen molar-refractivity contribution in [1.29, 1.82) is 0 Å². The SMILES string of the molecule is O=C(O)C(=O)Oc1c[nH]c2ccccc12. The molecule has 0 aliphatic carbocycles. The van der Waals surface area contributed by atoms with Gasteiger partial charge >= 0.3 is 11.9 Å². The summed E-state index contributed by atoms with van der Waals surface area (Å²) in [4.78, 5) is 24.0. The number of carboxylic acids is 1. The Bertz CT molecular complexity index is 529. The molecule has 0 fully saturated rings. The molecule has 0 spiro atoms. The van der Waals surface area contributed by atoms with Crippen molar-refractivity contribution in [2.75, 3.05) is 0 Å². The zero-order valence-corrected chi connectivity index (χ0v) is 7.56. The lowest BCUT2D eigenvalue weighted by atomic mass is 10.2. The Morgan fingerprint density at radius 1 is 1.27 bits per heavy atom. The summed E-state index contributed by atoms with van der Waals surface area (Å²) in [6, 6.07) is 7.12. The number of aliphatic carboxylic acids is 1. The number of nitrogens with one attached hydrogen (secondary N) is 1. The quantitative estimate of drug-likeness (QED) is 0.540. The summed E-state index contributed by atoms with van der Waals surface area (Å²) >= 11 is 0. The summed E-state index contributed by atoms with van der Waals surface area (Å²) in [5, 5.41) is 9.04. The van der Waals surface area contributed by atoms with Crippen molar-refractivity contribution in [3.8, 4) is 5.75 Å². The zero-order valence-electron chi connectivity index (χ0n) is 7.56. The van der Waals surface area contributed by atoms with Crippen LogP contribution in [0.5, 0.6) is 5.75 Å². The Morgan fingerprint density at radius 2 is 2.00 bits per heavy atom. The van der Waals surface area contributed by atoms with E-state index in [0.717, 1.165) is 5.52 Å². The topological polar surface area (TPSA) is 79.4 Å². The molecule has 2 rings (SSSR count). The van der Waals surface area contributed by atoms with Crippen LogP contribution in [0.15, 0.2) is 30.5 Å². The molecule has 0 saturated carbocycles. The highest BCUT2D eigenvalue weighted by atomic mass is 16.6. The van der Waals surface area contributed by atoms with Gasteiger partial charge in [-0.05, 0) is 12.1 Å². The second-order valence-corrected chi connectivity index (χ2v) is 2.89. The molecule has 0 radical (unpaired) electrons. The first-order valence-electron chi connectivity index (χ1n) is 4.19. The standard InChI is InChI=1S/C10H7NO4/c12-9(13)10(14)15-8-5-11-7-4-2-1-3-6(7)8/h1-5,11H,(H,12,13). The fourth-order valence-corrected chi connectivity index (χ4v) is 1.27. The third kappa shape index (κ3) is 1.67. The number of fused-ring (bicyclic) bond motifs is 1. The molecule has 0 unspecified atom stereocenters. The lowest BCUT2D eigenvalue weighted by Gasteiger charge is -1.97. The van der Waals surface area contributed by atoms with E-state index in [4.69, 9.17) is 5.11 Å². The summed E-state index contributed by atoms with van der Waals surface area (Å²) in [5.74, 6) is -2.68. The molecule has 0 amide bonds. The number of para-hydroxylation sites is 1. The van der Waals surface area contributed by atoms with E-state index in [9.17, 15) is 9.59 Å². The maximum Gasteiger partial charge on any atom is 0.422 e. The van der Waals surface area contributed by atoms with Crippen molar-refractivity contribution in [2.45, 2.75) is 0 Å². The molecule has 2 aromatic rings. The molecule has 2 N–H and O–H groups in total. The number of ether oxygens (including phenoxy) is 1. The van der Waals surface area contributed by atoms with Crippen molar-refractivity contribution in [3.05, 3.63) is 30.5 Å². The molecule has 1 aromatic heterocycles. The average molecular weight is 205 g/mol. The van der Waals surface area contributed by atoms with E-state index in [1.165, 1.54) is 6.20 Å². The van der Waals surface area contributed by atoms with Crippen LogP contribution in [0, 0.1) is 0 Å². The summed E-state index contributed by atoms with van der Waals surface area (Å²) in [6.45, 7) is 0. The van der Waals surface area contributed by atoms with E-state index < -0.39 is 11.9 Å². The van der Waals surface area contributed by atoms with Crippen LogP contribution in [-0.4, -0.2) is 22.0 Å². The molecule has 5 nitrogen and oxygen atoms in total. The summed E-state index contributed by atoms with van der Waals surface area (Å²) in [5.41, 5.74) is 0.783. The van der Waals surface area contributed by atoms with Crippen LogP contribution < -0.4 is 4.74 Å². The number of aromatic nitrogens is 1. The van der Waals surface area contributed by atoms with Gasteiger partial charge in [-0.25, -0.2) is 9.59 Å². The van der Waals surface area contributed by atoms with Gasteiger partial charge in [0.15, 0.2) is 5.75 Å². The Hall–Kier alpha value is -2.30. The second kappa shape index (κ2) is 3.45. The number of carboxylic acid groups (broad SMARTS) is 1. The predicted molar refractivity (Wildman–Crippen MR) is 51.6 cm³/mol. The van der Waals surface area contributed by atoms with Crippen molar-refractivity contribution >= 4 is 22.8 Å². The van der Waals surface area contributed by atoms with Gasteiger partial charge in [-0.2, -0.15) is 0 Å². The largest absolute Gasteiger partial charge is 0.473 e. The smallest absolute Gasteiger partial charge is 0.422 e. The first-order chi connectivity index (χ1) is 7.18. The fraction of sp³-hybridized carbons (Fsp3) is 0. The van der Waals surface area contributed by atoms with Crippen molar-refractivity contribution in [2.24, 2.45) is 0 Å². The molecule has 0 aliphatic heterocycles. The zero-order chi connectivity index (χ0) is 10.8. The minimum atomic E-state index is -1.61. The van der Waals surface area contributed by atoms with Gasteiger partial charge in [-0.3, -0.25) is 0 Å². The molecule has 0 aliphatic rings. The molecule has 0 saturated heterocycles. The highest BCUT2D eigenvalue weighted by Gasteiger charge is 2.16. The minimum absolute atomic E-state index is 0.220. The van der Waals surface area contributed by atoms with E-state index in [0.29, 0.717) is 5.39 Å². The van der Waals surface area contributed by atoms with Gasteiger partial charge in [0.1, 0.15) is 0 Å². The average Bonchev–Trinajstić information content (AvgIpc) is 2.62. The van der Waals surface area contributed by atoms with Crippen molar-refractivity contribution < 1.29 is 19.4 Å². The van der Waals surface area contributed by atoms with Gasteiger partial charge in [0.2, 0.25) is 0 Å². The number of esters is 1. The lowest BCUT2D eigenvalue weighted by Crippen LogP contribution is -2.18. The minimum Gasteiger partial charge on any atom is -0.473 e. The number of carbonyl (C=O) groups excluding carboxylic acids is 1. The molecule has 5 heteroatoms. The number of carbonyl (C=O) groups is 2. The van der Waals surface area contributed by atoms with Gasteiger partial charge < -0.3 is 14.8 Å². The maximum absolute atomic E-state index is 10.8. The molecule has 76 valence electrons. The fourth-order valence-electron chi connectivity index (χ4n) is 1.27. The summed E-state index contributed by atoms with van der Waals surface area (Å²) in [7, 11) is 0. The van der Waals surface area contributed by atoms with Crippen LogP contribution >= 0.6 is 0 Å². The van der Waals surface area contributed by atoms with Crippen LogP contribution in [0.3, 0.4) is 0 Å². The van der Waals surface area contributed by atoms with Gasteiger partial charge in [0.05, 0.1) is 0 Å². The van der Waals surface area contributed by atoms with Crippen LogP contribution in [0.2, 0.25) is 0 Å². The number of hydrogen-bond acceptors (Lipinski definition) is 3. The van der Waals surface area contributed by atoms with Crippen LogP contribution in [0.4, 0.5) is 0 Å². The van der Waals surface area contributed by atoms with Gasteiger partial charge in [0, 0.05) is 17.1 Å². The molecule has 0 bridgehead atoms. The predicted octanol–water partition coefficient (Wildman–Crippen LogP) is 1.16. The number of hydrogen-bond donors (Lipinski definition) is 2. The van der Waals surface area contributed by atoms with E-state index in [2.05, 4.69) is 9.72 Å². The first kappa shape index (κ1) is 9.26. The number of H-pyrrole nitrogens is 1. The summed E-state index contributed by atoms with van der Waals surface area (Å²) < 4.78 is 4.66. The van der Waals surface area contributed by atoms with Gasteiger partial charge in [-0.15, -0.1) is 0 Å². The number of aromatic amines is 1. The monoisotopic (exact) mass is 205 g/mol.